The van der Waals surface area contributed by atoms with Crippen molar-refractivity contribution in [3.8, 4) is 12.1 Å². The summed E-state index contributed by atoms with van der Waals surface area (Å²) in [6.07, 6.45) is 1.65. The van der Waals surface area contributed by atoms with Gasteiger partial charge in [0.15, 0.2) is 5.57 Å². The van der Waals surface area contributed by atoms with E-state index >= 15 is 0 Å². The summed E-state index contributed by atoms with van der Waals surface area (Å²) in [5, 5.41) is 16.8. The summed E-state index contributed by atoms with van der Waals surface area (Å²) in [7, 11) is 0. The van der Waals surface area contributed by atoms with Crippen molar-refractivity contribution in [1.29, 1.82) is 10.5 Å². The summed E-state index contributed by atoms with van der Waals surface area (Å²) in [5.74, 6) is 0.560. The molecule has 0 bridgehead atoms. The molecular weight excluding hydrogens is 128 g/mol. The maximum absolute atomic E-state index is 8.38. The van der Waals surface area contributed by atoms with E-state index in [9.17, 15) is 0 Å². The van der Waals surface area contributed by atoms with E-state index in [1.54, 1.807) is 12.1 Å². The Hall–Kier alpha value is -1.48. The van der Waals surface area contributed by atoms with Crippen molar-refractivity contribution in [2.24, 2.45) is 0 Å². The molecule has 1 saturated heterocycles. The second-order valence-corrected chi connectivity index (χ2v) is 1.97. The molecule has 0 N–H and O–H groups in total. The van der Waals surface area contributed by atoms with Crippen molar-refractivity contribution in [3.63, 3.8) is 0 Å². The average Bonchev–Trinajstić information content (AvgIpc) is 2.43. The predicted octanol–water partition coefficient (Wildman–Crippen LogP) is 1.10. The molecule has 0 spiro atoms. The Bertz CT molecular complexity index is 217. The lowest BCUT2D eigenvalue weighted by atomic mass is 10.2. The zero-order valence-electron chi connectivity index (χ0n) is 5.42. The highest BCUT2D eigenvalue weighted by molar-refractivity contribution is 5.38. The minimum Gasteiger partial charge on any atom is -0.496 e. The van der Waals surface area contributed by atoms with Gasteiger partial charge in [-0.05, 0) is 6.42 Å². The number of hydrogen-bond donors (Lipinski definition) is 0. The number of hydrogen-bond acceptors (Lipinski definition) is 3. The quantitative estimate of drug-likeness (QED) is 0.466. The lowest BCUT2D eigenvalue weighted by molar-refractivity contribution is 0.262. The molecule has 50 valence electrons. The topological polar surface area (TPSA) is 56.8 Å². The van der Waals surface area contributed by atoms with Crippen LogP contribution in [0.4, 0.5) is 0 Å². The van der Waals surface area contributed by atoms with Gasteiger partial charge in [0.25, 0.3) is 0 Å². The third kappa shape index (κ3) is 1.09. The van der Waals surface area contributed by atoms with Crippen LogP contribution < -0.4 is 0 Å². The fourth-order valence-corrected chi connectivity index (χ4v) is 0.847. The monoisotopic (exact) mass is 134 g/mol. The highest BCUT2D eigenvalue weighted by Gasteiger charge is 2.12. The largest absolute Gasteiger partial charge is 0.496 e. The molecule has 0 amide bonds. The van der Waals surface area contributed by atoms with E-state index < -0.39 is 0 Å². The Balaban J connectivity index is 2.85. The molecule has 0 aromatic heterocycles. The molecular formula is C7H6N2O. The fraction of sp³-hybridized carbons (Fsp3) is 0.429. The Morgan fingerprint density at radius 1 is 1.40 bits per heavy atom. The molecule has 1 aliphatic heterocycles. The van der Waals surface area contributed by atoms with Crippen LogP contribution >= 0.6 is 0 Å². The van der Waals surface area contributed by atoms with Crippen LogP contribution in [0.2, 0.25) is 0 Å². The van der Waals surface area contributed by atoms with Gasteiger partial charge in [-0.25, -0.2) is 0 Å². The van der Waals surface area contributed by atoms with Crippen LogP contribution in [0.1, 0.15) is 12.8 Å². The van der Waals surface area contributed by atoms with Crippen molar-refractivity contribution in [3.05, 3.63) is 11.3 Å². The van der Waals surface area contributed by atoms with Gasteiger partial charge in [0.2, 0.25) is 0 Å². The molecule has 10 heavy (non-hydrogen) atoms. The van der Waals surface area contributed by atoms with Gasteiger partial charge in [-0.15, -0.1) is 0 Å². The minimum absolute atomic E-state index is 0.123. The maximum Gasteiger partial charge on any atom is 0.167 e. The smallest absolute Gasteiger partial charge is 0.167 e. The molecule has 0 saturated carbocycles. The molecule has 0 aromatic carbocycles. The molecule has 1 rings (SSSR count). The Kier molecular flexibility index (Phi) is 1.92. The van der Waals surface area contributed by atoms with Gasteiger partial charge in [-0.2, -0.15) is 10.5 Å². The predicted molar refractivity (Wildman–Crippen MR) is 33.4 cm³/mol. The zero-order chi connectivity index (χ0) is 7.40. The molecule has 0 radical (unpaired) electrons. The number of allylic oxidation sites excluding steroid dienone is 2. The van der Waals surface area contributed by atoms with Crippen LogP contribution in [0.5, 0.6) is 0 Å². The molecule has 3 nitrogen and oxygen atoms in total. The van der Waals surface area contributed by atoms with E-state index in [1.807, 2.05) is 0 Å². The van der Waals surface area contributed by atoms with Crippen molar-refractivity contribution in [2.75, 3.05) is 6.61 Å². The van der Waals surface area contributed by atoms with Crippen LogP contribution in [0.3, 0.4) is 0 Å². The van der Waals surface area contributed by atoms with Crippen molar-refractivity contribution in [1.82, 2.24) is 0 Å². The Morgan fingerprint density at radius 3 is 2.50 bits per heavy atom. The third-order valence-electron chi connectivity index (χ3n) is 1.33. The molecule has 0 atom stereocenters. The number of ether oxygens (including phenoxy) is 1. The highest BCUT2D eigenvalue weighted by atomic mass is 16.5. The number of nitrogens with zero attached hydrogens (tertiary/aromatic N) is 2. The van der Waals surface area contributed by atoms with Gasteiger partial charge in [0, 0.05) is 6.42 Å². The summed E-state index contributed by atoms with van der Waals surface area (Å²) in [5.41, 5.74) is 0.123. The standard InChI is InChI=1S/C7H6N2O/c8-4-6(5-9)7-2-1-3-10-7/h1-3H2. The van der Waals surface area contributed by atoms with E-state index in [-0.39, 0.29) is 5.57 Å². The molecule has 3 heteroatoms. The van der Waals surface area contributed by atoms with Crippen molar-refractivity contribution >= 4 is 0 Å². The Morgan fingerprint density at radius 2 is 2.10 bits per heavy atom. The van der Waals surface area contributed by atoms with Gasteiger partial charge < -0.3 is 4.74 Å². The van der Waals surface area contributed by atoms with Crippen molar-refractivity contribution in [2.45, 2.75) is 12.8 Å². The number of nitriles is 2. The Labute approximate surface area is 59.1 Å². The third-order valence-corrected chi connectivity index (χ3v) is 1.33. The van der Waals surface area contributed by atoms with Crippen LogP contribution in [-0.2, 0) is 4.74 Å². The fourth-order valence-electron chi connectivity index (χ4n) is 0.847. The molecule has 1 aliphatic rings. The van der Waals surface area contributed by atoms with E-state index in [0.717, 1.165) is 12.8 Å². The van der Waals surface area contributed by atoms with E-state index in [1.165, 1.54) is 0 Å². The normalized spacial score (nSPS) is 15.2. The van der Waals surface area contributed by atoms with E-state index in [2.05, 4.69) is 0 Å². The van der Waals surface area contributed by atoms with Gasteiger partial charge in [-0.3, -0.25) is 0 Å². The number of rotatable bonds is 0. The van der Waals surface area contributed by atoms with E-state index in [0.29, 0.717) is 12.4 Å². The van der Waals surface area contributed by atoms with Crippen LogP contribution in [-0.4, -0.2) is 6.61 Å². The first-order chi connectivity index (χ1) is 4.88. The van der Waals surface area contributed by atoms with E-state index in [4.69, 9.17) is 15.3 Å². The van der Waals surface area contributed by atoms with Crippen LogP contribution in [0.25, 0.3) is 0 Å². The highest BCUT2D eigenvalue weighted by Crippen LogP contribution is 2.18. The summed E-state index contributed by atoms with van der Waals surface area (Å²) in [6.45, 7) is 0.641. The van der Waals surface area contributed by atoms with Gasteiger partial charge in [0.05, 0.1) is 6.61 Å². The average molecular weight is 134 g/mol. The lowest BCUT2D eigenvalue weighted by Gasteiger charge is -1.93. The van der Waals surface area contributed by atoms with Crippen molar-refractivity contribution < 1.29 is 4.74 Å². The zero-order valence-corrected chi connectivity index (χ0v) is 5.42. The summed E-state index contributed by atoms with van der Waals surface area (Å²) < 4.78 is 5.03. The molecule has 0 unspecified atom stereocenters. The second kappa shape index (κ2) is 2.89. The van der Waals surface area contributed by atoms with Crippen LogP contribution in [0, 0.1) is 22.7 Å². The van der Waals surface area contributed by atoms with Gasteiger partial charge in [0.1, 0.15) is 17.9 Å². The van der Waals surface area contributed by atoms with Gasteiger partial charge >= 0.3 is 0 Å². The summed E-state index contributed by atoms with van der Waals surface area (Å²) >= 11 is 0. The van der Waals surface area contributed by atoms with Gasteiger partial charge in [-0.1, -0.05) is 0 Å². The molecule has 0 aliphatic carbocycles. The SMILES string of the molecule is N#CC(C#N)=C1CCCO1. The molecule has 0 aromatic rings. The first-order valence-corrected chi connectivity index (χ1v) is 3.04. The van der Waals surface area contributed by atoms with Crippen LogP contribution in [0.15, 0.2) is 11.3 Å². The summed E-state index contributed by atoms with van der Waals surface area (Å²) in [4.78, 5) is 0. The lowest BCUT2D eigenvalue weighted by Crippen LogP contribution is -1.84. The minimum atomic E-state index is 0.123. The summed E-state index contributed by atoms with van der Waals surface area (Å²) in [6, 6.07) is 3.57. The maximum atomic E-state index is 8.38. The molecule has 1 fully saturated rings. The second-order valence-electron chi connectivity index (χ2n) is 1.97. The first-order valence-electron chi connectivity index (χ1n) is 3.04. The first kappa shape index (κ1) is 6.64. The molecule has 1 heterocycles.